The number of unbranched alkanes of at least 4 members (excludes halogenated alkanes) is 5. The second-order valence-corrected chi connectivity index (χ2v) is 5.40. The fraction of sp³-hybridized carbons (Fsp3) is 0.857. The molecule has 1 saturated heterocycles. The van der Waals surface area contributed by atoms with Gasteiger partial charge in [0.25, 0.3) is 0 Å². The Morgan fingerprint density at radius 2 is 1.85 bits per heavy atom. The van der Waals surface area contributed by atoms with Gasteiger partial charge in [-0.2, -0.15) is 0 Å². The van der Waals surface area contributed by atoms with Crippen LogP contribution in [-0.2, 0) is 4.79 Å². The van der Waals surface area contributed by atoms with Crippen molar-refractivity contribution < 1.29 is 19.8 Å². The van der Waals surface area contributed by atoms with E-state index >= 15 is 0 Å². The van der Waals surface area contributed by atoms with Crippen LogP contribution in [0.15, 0.2) is 0 Å². The minimum atomic E-state index is -1.06. The summed E-state index contributed by atoms with van der Waals surface area (Å²) in [5.74, 6) is -1.06. The quantitative estimate of drug-likeness (QED) is 0.591. The van der Waals surface area contributed by atoms with Gasteiger partial charge in [0.1, 0.15) is 6.04 Å². The molecule has 0 radical (unpaired) electrons. The Labute approximate surface area is 120 Å². The molecule has 0 aromatic rings. The third-order valence-corrected chi connectivity index (χ3v) is 3.63. The predicted molar refractivity (Wildman–Crippen MR) is 75.5 cm³/mol. The molecule has 1 rings (SSSR count). The number of carboxylic acid groups (broad SMARTS) is 1. The Kier molecular flexibility index (Phi) is 7.36. The molecule has 6 heteroatoms. The molecule has 1 aliphatic rings. The van der Waals surface area contributed by atoms with Gasteiger partial charge >= 0.3 is 12.0 Å². The summed E-state index contributed by atoms with van der Waals surface area (Å²) in [5.41, 5.74) is 0. The zero-order valence-electron chi connectivity index (χ0n) is 12.2. The van der Waals surface area contributed by atoms with Crippen LogP contribution in [0.25, 0.3) is 0 Å². The maximum Gasteiger partial charge on any atom is 0.326 e. The van der Waals surface area contributed by atoms with Crippen molar-refractivity contribution in [2.75, 3.05) is 13.1 Å². The van der Waals surface area contributed by atoms with Crippen LogP contribution in [0.1, 0.15) is 51.9 Å². The van der Waals surface area contributed by atoms with Gasteiger partial charge in [-0.15, -0.1) is 0 Å². The predicted octanol–water partition coefficient (Wildman–Crippen LogP) is 1.58. The average Bonchev–Trinajstić information content (AvgIpc) is 2.80. The lowest BCUT2D eigenvalue weighted by Gasteiger charge is -2.21. The van der Waals surface area contributed by atoms with Gasteiger partial charge in [-0.05, 0) is 6.42 Å². The van der Waals surface area contributed by atoms with Gasteiger partial charge in [0.05, 0.1) is 6.10 Å². The van der Waals surface area contributed by atoms with E-state index in [1.807, 2.05) is 0 Å². The molecular formula is C14H26N2O4. The summed E-state index contributed by atoms with van der Waals surface area (Å²) < 4.78 is 0. The lowest BCUT2D eigenvalue weighted by molar-refractivity contribution is -0.141. The summed E-state index contributed by atoms with van der Waals surface area (Å²) >= 11 is 0. The highest BCUT2D eigenvalue weighted by molar-refractivity contribution is 5.83. The van der Waals surface area contributed by atoms with Crippen molar-refractivity contribution >= 4 is 12.0 Å². The van der Waals surface area contributed by atoms with E-state index in [1.165, 1.54) is 30.6 Å². The summed E-state index contributed by atoms with van der Waals surface area (Å²) in [6.45, 7) is 2.83. The number of aliphatic hydroxyl groups is 1. The number of β-amino-alcohol motifs (C(OH)–C–C–N with tert-alkyl or cyclic N) is 1. The SMILES string of the molecule is CCCCCCCCNC(=O)N1C[C@H](O)C[C@@H]1C(=O)O. The number of carbonyl (C=O) groups is 2. The molecule has 20 heavy (non-hydrogen) atoms. The average molecular weight is 286 g/mol. The molecule has 0 spiro atoms. The number of hydrogen-bond acceptors (Lipinski definition) is 3. The fourth-order valence-corrected chi connectivity index (χ4v) is 2.47. The van der Waals surface area contributed by atoms with Crippen molar-refractivity contribution in [3.63, 3.8) is 0 Å². The third-order valence-electron chi connectivity index (χ3n) is 3.63. The first-order chi connectivity index (χ1) is 9.56. The molecule has 2 amide bonds. The number of carboxylic acids is 1. The number of aliphatic hydroxyl groups excluding tert-OH is 1. The highest BCUT2D eigenvalue weighted by Crippen LogP contribution is 2.18. The van der Waals surface area contributed by atoms with Crippen molar-refractivity contribution in [2.24, 2.45) is 0 Å². The second-order valence-electron chi connectivity index (χ2n) is 5.40. The van der Waals surface area contributed by atoms with E-state index in [0.29, 0.717) is 6.54 Å². The second kappa shape index (κ2) is 8.79. The molecule has 0 unspecified atom stereocenters. The van der Waals surface area contributed by atoms with Crippen molar-refractivity contribution in [1.29, 1.82) is 0 Å². The summed E-state index contributed by atoms with van der Waals surface area (Å²) in [4.78, 5) is 24.1. The Morgan fingerprint density at radius 3 is 2.50 bits per heavy atom. The first-order valence-corrected chi connectivity index (χ1v) is 7.51. The minimum Gasteiger partial charge on any atom is -0.480 e. The van der Waals surface area contributed by atoms with E-state index in [2.05, 4.69) is 12.2 Å². The van der Waals surface area contributed by atoms with Crippen LogP contribution in [0.5, 0.6) is 0 Å². The number of rotatable bonds is 8. The van der Waals surface area contributed by atoms with Crippen molar-refractivity contribution in [2.45, 2.75) is 64.0 Å². The maximum atomic E-state index is 11.9. The van der Waals surface area contributed by atoms with Gasteiger partial charge in [0, 0.05) is 19.5 Å². The molecule has 3 N–H and O–H groups in total. The van der Waals surface area contributed by atoms with E-state index in [0.717, 1.165) is 12.8 Å². The summed E-state index contributed by atoms with van der Waals surface area (Å²) in [6, 6.07) is -1.29. The van der Waals surface area contributed by atoms with Gasteiger partial charge in [0.15, 0.2) is 0 Å². The Balaban J connectivity index is 2.20. The lowest BCUT2D eigenvalue weighted by Crippen LogP contribution is -2.46. The van der Waals surface area contributed by atoms with Crippen LogP contribution in [0.3, 0.4) is 0 Å². The van der Waals surface area contributed by atoms with Gasteiger partial charge in [-0.3, -0.25) is 0 Å². The van der Waals surface area contributed by atoms with Gasteiger partial charge in [-0.1, -0.05) is 39.0 Å². The molecule has 2 atom stereocenters. The molecule has 6 nitrogen and oxygen atoms in total. The molecule has 1 fully saturated rings. The van der Waals surface area contributed by atoms with E-state index in [-0.39, 0.29) is 19.0 Å². The van der Waals surface area contributed by atoms with Gasteiger partial charge in [0.2, 0.25) is 0 Å². The molecule has 0 aromatic heterocycles. The topological polar surface area (TPSA) is 89.9 Å². The first-order valence-electron chi connectivity index (χ1n) is 7.51. The fourth-order valence-electron chi connectivity index (χ4n) is 2.47. The summed E-state index contributed by atoms with van der Waals surface area (Å²) in [7, 11) is 0. The van der Waals surface area contributed by atoms with Crippen LogP contribution < -0.4 is 5.32 Å². The number of urea groups is 1. The number of nitrogens with one attached hydrogen (secondary N) is 1. The number of amides is 2. The zero-order valence-corrected chi connectivity index (χ0v) is 12.2. The Bertz CT molecular complexity index is 322. The lowest BCUT2D eigenvalue weighted by atomic mass is 10.1. The van der Waals surface area contributed by atoms with Crippen LogP contribution >= 0.6 is 0 Å². The van der Waals surface area contributed by atoms with Crippen molar-refractivity contribution in [3.05, 3.63) is 0 Å². The molecule has 0 saturated carbocycles. The van der Waals surface area contributed by atoms with Crippen LogP contribution in [0.2, 0.25) is 0 Å². The number of aliphatic carboxylic acids is 1. The molecule has 1 heterocycles. The summed E-state index contributed by atoms with van der Waals surface area (Å²) in [5, 5.41) is 21.2. The van der Waals surface area contributed by atoms with Crippen LogP contribution in [0.4, 0.5) is 4.79 Å². The minimum absolute atomic E-state index is 0.0965. The third kappa shape index (κ3) is 5.36. The highest BCUT2D eigenvalue weighted by Gasteiger charge is 2.38. The number of likely N-dealkylation sites (tertiary alicyclic amines) is 1. The first kappa shape index (κ1) is 16.8. The molecule has 0 aromatic carbocycles. The smallest absolute Gasteiger partial charge is 0.326 e. The van der Waals surface area contributed by atoms with E-state index < -0.39 is 18.1 Å². The summed E-state index contributed by atoms with van der Waals surface area (Å²) in [6.07, 6.45) is 6.21. The largest absolute Gasteiger partial charge is 0.480 e. The van der Waals surface area contributed by atoms with E-state index in [4.69, 9.17) is 5.11 Å². The van der Waals surface area contributed by atoms with Crippen LogP contribution in [0, 0.1) is 0 Å². The Morgan fingerprint density at radius 1 is 1.20 bits per heavy atom. The molecule has 1 aliphatic heterocycles. The number of nitrogens with zero attached hydrogens (tertiary/aromatic N) is 1. The van der Waals surface area contributed by atoms with Gasteiger partial charge < -0.3 is 20.4 Å². The molecular weight excluding hydrogens is 260 g/mol. The van der Waals surface area contributed by atoms with Crippen molar-refractivity contribution in [3.8, 4) is 0 Å². The molecule has 0 aliphatic carbocycles. The molecule has 0 bridgehead atoms. The standard InChI is InChI=1S/C14H26N2O4/c1-2-3-4-5-6-7-8-15-14(20)16-10-11(17)9-12(16)13(18)19/h11-12,17H,2-10H2,1H3,(H,15,20)(H,18,19)/t11-,12-/m1/s1. The monoisotopic (exact) mass is 286 g/mol. The molecule has 116 valence electrons. The normalized spacial score (nSPS) is 22.0. The number of carbonyl (C=O) groups excluding carboxylic acids is 1. The maximum absolute atomic E-state index is 11.9. The Hall–Kier alpha value is -1.30. The van der Waals surface area contributed by atoms with Crippen LogP contribution in [-0.4, -0.2) is 52.3 Å². The van der Waals surface area contributed by atoms with Crippen molar-refractivity contribution in [1.82, 2.24) is 10.2 Å². The number of hydrogen-bond donors (Lipinski definition) is 3. The van der Waals surface area contributed by atoms with Gasteiger partial charge in [-0.25, -0.2) is 9.59 Å². The zero-order chi connectivity index (χ0) is 15.0. The van der Waals surface area contributed by atoms with E-state index in [1.54, 1.807) is 0 Å². The van der Waals surface area contributed by atoms with E-state index in [9.17, 15) is 14.7 Å². The highest BCUT2D eigenvalue weighted by atomic mass is 16.4.